The fourth-order valence-corrected chi connectivity index (χ4v) is 3.05. The summed E-state index contributed by atoms with van der Waals surface area (Å²) in [6.07, 6.45) is 5.97. The van der Waals surface area contributed by atoms with E-state index in [9.17, 15) is 9.90 Å². The lowest BCUT2D eigenvalue weighted by Gasteiger charge is -2.21. The lowest BCUT2D eigenvalue weighted by atomic mass is 10.1. The zero-order valence-electron chi connectivity index (χ0n) is 17.9. The molecule has 0 atom stereocenters. The highest BCUT2D eigenvalue weighted by Gasteiger charge is 2.10. The van der Waals surface area contributed by atoms with Gasteiger partial charge in [-0.25, -0.2) is 4.99 Å². The second-order valence-electron chi connectivity index (χ2n) is 7.32. The third-order valence-corrected chi connectivity index (χ3v) is 4.72. The van der Waals surface area contributed by atoms with E-state index in [0.29, 0.717) is 18.5 Å². The minimum absolute atomic E-state index is 0.0854. The van der Waals surface area contributed by atoms with Crippen molar-refractivity contribution < 1.29 is 9.90 Å². The van der Waals surface area contributed by atoms with Crippen molar-refractivity contribution in [3.8, 4) is 5.75 Å². The number of phenolic OH excluding ortho intramolecular Hbond substituents is 1. The number of nitrogens with zero attached hydrogens (tertiary/aromatic N) is 4. The van der Waals surface area contributed by atoms with E-state index < -0.39 is 0 Å². The van der Waals surface area contributed by atoms with Gasteiger partial charge in [0.1, 0.15) is 11.5 Å². The second kappa shape index (κ2) is 10.2. The van der Waals surface area contributed by atoms with Gasteiger partial charge in [-0.3, -0.25) is 9.78 Å². The molecule has 0 aliphatic rings. The molecule has 0 spiro atoms. The molecule has 0 aliphatic heterocycles. The highest BCUT2D eigenvalue weighted by Crippen LogP contribution is 2.32. The van der Waals surface area contributed by atoms with Crippen molar-refractivity contribution in [2.45, 2.75) is 6.54 Å². The molecule has 0 aliphatic carbocycles. The average molecular weight is 415 g/mol. The molecule has 2 aromatic carbocycles. The number of anilines is 2. The number of carbonyl (C=O) groups is 1. The van der Waals surface area contributed by atoms with Gasteiger partial charge in [0, 0.05) is 39.1 Å². The minimum atomic E-state index is 0.0854. The van der Waals surface area contributed by atoms with E-state index in [-0.39, 0.29) is 11.5 Å². The number of pyridine rings is 1. The number of aromatic hydroxyl groups is 1. The average Bonchev–Trinajstić information content (AvgIpc) is 2.77. The number of hydrogen-bond donors (Lipinski definition) is 1. The zero-order chi connectivity index (χ0) is 22.2. The van der Waals surface area contributed by atoms with Crippen LogP contribution in [0.3, 0.4) is 0 Å². The van der Waals surface area contributed by atoms with Gasteiger partial charge in [-0.15, -0.1) is 0 Å². The number of aliphatic imine (C=N–C) groups is 1. The van der Waals surface area contributed by atoms with Crippen LogP contribution in [-0.4, -0.2) is 43.2 Å². The molecule has 0 saturated heterocycles. The molecular formula is C25H26N4O2. The summed E-state index contributed by atoms with van der Waals surface area (Å²) >= 11 is 0. The van der Waals surface area contributed by atoms with Gasteiger partial charge < -0.3 is 14.9 Å². The summed E-state index contributed by atoms with van der Waals surface area (Å²) in [6.45, 7) is 0.568. The Morgan fingerprint density at radius 2 is 1.84 bits per heavy atom. The minimum Gasteiger partial charge on any atom is -0.508 e. The topological polar surface area (TPSA) is 69.0 Å². The van der Waals surface area contributed by atoms with Crippen molar-refractivity contribution >= 4 is 35.1 Å². The van der Waals surface area contributed by atoms with E-state index in [1.165, 1.54) is 0 Å². The highest BCUT2D eigenvalue weighted by atomic mass is 16.3. The first kappa shape index (κ1) is 21.8. The van der Waals surface area contributed by atoms with Gasteiger partial charge in [-0.1, -0.05) is 24.3 Å². The molecule has 6 heteroatoms. The summed E-state index contributed by atoms with van der Waals surface area (Å²) in [6, 6.07) is 18.7. The summed E-state index contributed by atoms with van der Waals surface area (Å²) < 4.78 is 0. The molecule has 0 unspecified atom stereocenters. The first-order chi connectivity index (χ1) is 15.0. The van der Waals surface area contributed by atoms with E-state index in [1.807, 2.05) is 79.5 Å². The summed E-state index contributed by atoms with van der Waals surface area (Å²) in [5.41, 5.74) is 4.52. The van der Waals surface area contributed by atoms with Gasteiger partial charge in [-0.05, 0) is 48.0 Å². The number of phenols is 1. The Labute approximate surface area is 182 Å². The molecule has 6 nitrogen and oxygen atoms in total. The molecule has 31 heavy (non-hydrogen) atoms. The van der Waals surface area contributed by atoms with Crippen molar-refractivity contribution in [3.63, 3.8) is 0 Å². The van der Waals surface area contributed by atoms with Gasteiger partial charge in [0.05, 0.1) is 23.6 Å². The summed E-state index contributed by atoms with van der Waals surface area (Å²) in [5.74, 6) is 0.0854. The largest absolute Gasteiger partial charge is 0.508 e. The van der Waals surface area contributed by atoms with Crippen LogP contribution in [0.15, 0.2) is 77.9 Å². The van der Waals surface area contributed by atoms with Gasteiger partial charge in [0.15, 0.2) is 6.29 Å². The zero-order valence-corrected chi connectivity index (χ0v) is 17.9. The molecule has 0 bridgehead atoms. The Morgan fingerprint density at radius 1 is 1.06 bits per heavy atom. The van der Waals surface area contributed by atoms with Crippen LogP contribution < -0.4 is 9.80 Å². The molecule has 158 valence electrons. The van der Waals surface area contributed by atoms with Crippen LogP contribution in [0.25, 0.3) is 6.08 Å². The van der Waals surface area contributed by atoms with Crippen molar-refractivity contribution in [2.75, 3.05) is 30.9 Å². The predicted octanol–water partition coefficient (Wildman–Crippen LogP) is 4.47. The molecule has 3 aromatic rings. The van der Waals surface area contributed by atoms with E-state index >= 15 is 0 Å². The molecule has 3 rings (SSSR count). The summed E-state index contributed by atoms with van der Waals surface area (Å²) in [7, 11) is 5.89. The molecular weight excluding hydrogens is 388 g/mol. The Balaban J connectivity index is 1.85. The van der Waals surface area contributed by atoms with Crippen LogP contribution in [0.5, 0.6) is 5.75 Å². The molecule has 1 aromatic heterocycles. The van der Waals surface area contributed by atoms with Crippen molar-refractivity contribution in [3.05, 3.63) is 84.2 Å². The van der Waals surface area contributed by atoms with Crippen LogP contribution in [-0.2, 0) is 11.3 Å². The Hall–Kier alpha value is -3.93. The summed E-state index contributed by atoms with van der Waals surface area (Å²) in [4.78, 5) is 24.5. The Kier molecular flexibility index (Phi) is 7.17. The normalized spacial score (nSPS) is 11.5. The Morgan fingerprint density at radius 3 is 2.48 bits per heavy atom. The first-order valence-corrected chi connectivity index (χ1v) is 9.89. The van der Waals surface area contributed by atoms with E-state index in [0.717, 1.165) is 22.6 Å². The van der Waals surface area contributed by atoms with Crippen molar-refractivity contribution in [1.29, 1.82) is 0 Å². The molecule has 0 fully saturated rings. The quantitative estimate of drug-likeness (QED) is 0.435. The lowest BCUT2D eigenvalue weighted by Crippen LogP contribution is -2.17. The van der Waals surface area contributed by atoms with Crippen molar-refractivity contribution in [2.24, 2.45) is 4.99 Å². The standard InChI is InChI=1S/C25H26N4O2/c1-28(2)22-11-8-19(9-12-22)7-10-21(18-30)27-24-16-23(31)13-14-25(24)29(3)17-20-6-4-5-15-26-20/h4-16,18,31H,17H2,1-3H3/b10-7+,27-21-. The number of benzene rings is 2. The SMILES string of the molecule is CN(C)c1ccc(/C=C/C(C=O)=N/c2cc(O)ccc2N(C)Cc2ccccn2)cc1. The highest BCUT2D eigenvalue weighted by molar-refractivity contribution is 6.35. The van der Waals surface area contributed by atoms with E-state index in [1.54, 1.807) is 30.5 Å². The van der Waals surface area contributed by atoms with Crippen LogP contribution in [0, 0.1) is 0 Å². The number of aldehydes is 1. The third kappa shape index (κ3) is 6.02. The number of rotatable bonds is 8. The third-order valence-electron chi connectivity index (χ3n) is 4.72. The maximum atomic E-state index is 11.7. The van der Waals surface area contributed by atoms with Gasteiger partial charge >= 0.3 is 0 Å². The molecule has 1 N–H and O–H groups in total. The van der Waals surface area contributed by atoms with Crippen LogP contribution in [0.4, 0.5) is 17.1 Å². The molecule has 1 heterocycles. The van der Waals surface area contributed by atoms with Gasteiger partial charge in [0.2, 0.25) is 0 Å². The number of carbonyl (C=O) groups excluding carboxylic acids is 1. The summed E-state index contributed by atoms with van der Waals surface area (Å²) in [5, 5.41) is 9.96. The predicted molar refractivity (Wildman–Crippen MR) is 127 cm³/mol. The van der Waals surface area contributed by atoms with Crippen LogP contribution in [0.2, 0.25) is 0 Å². The Bertz CT molecular complexity index is 1070. The van der Waals surface area contributed by atoms with Crippen LogP contribution in [0.1, 0.15) is 11.3 Å². The fraction of sp³-hybridized carbons (Fsp3) is 0.160. The molecule has 0 radical (unpaired) electrons. The first-order valence-electron chi connectivity index (χ1n) is 9.89. The van der Waals surface area contributed by atoms with Gasteiger partial charge in [-0.2, -0.15) is 0 Å². The van der Waals surface area contributed by atoms with Crippen molar-refractivity contribution in [1.82, 2.24) is 4.98 Å². The van der Waals surface area contributed by atoms with E-state index in [4.69, 9.17) is 0 Å². The smallest absolute Gasteiger partial charge is 0.168 e. The molecule has 0 saturated carbocycles. The maximum Gasteiger partial charge on any atom is 0.168 e. The second-order valence-corrected chi connectivity index (χ2v) is 7.32. The number of aromatic nitrogens is 1. The lowest BCUT2D eigenvalue weighted by molar-refractivity contribution is -0.102. The maximum absolute atomic E-state index is 11.7. The van der Waals surface area contributed by atoms with Crippen LogP contribution >= 0.6 is 0 Å². The number of hydrogen-bond acceptors (Lipinski definition) is 6. The monoisotopic (exact) mass is 414 g/mol. The fourth-order valence-electron chi connectivity index (χ4n) is 3.05. The molecule has 0 amide bonds. The van der Waals surface area contributed by atoms with Gasteiger partial charge in [0.25, 0.3) is 0 Å². The van der Waals surface area contributed by atoms with E-state index in [2.05, 4.69) is 9.98 Å². The number of allylic oxidation sites excluding steroid dienone is 1.